The van der Waals surface area contributed by atoms with E-state index < -0.39 is 0 Å². The predicted octanol–water partition coefficient (Wildman–Crippen LogP) is 0.546. The zero-order valence-corrected chi connectivity index (χ0v) is 14.3. The van der Waals surface area contributed by atoms with E-state index in [0.717, 1.165) is 44.8 Å². The summed E-state index contributed by atoms with van der Waals surface area (Å²) in [6.45, 7) is 4.67. The Labute approximate surface area is 143 Å². The van der Waals surface area contributed by atoms with Crippen molar-refractivity contribution < 1.29 is 9.59 Å². The van der Waals surface area contributed by atoms with Crippen molar-refractivity contribution in [3.63, 3.8) is 0 Å². The SMILES string of the molecule is CN(CCC(=O)N1CCNCC1)C1CCN(c2ccccc2)C1=O. The maximum absolute atomic E-state index is 12.7. The molecular weight excluding hydrogens is 304 g/mol. The Hall–Kier alpha value is -1.92. The first kappa shape index (κ1) is 16.9. The van der Waals surface area contributed by atoms with E-state index in [0.29, 0.717) is 13.0 Å². The van der Waals surface area contributed by atoms with E-state index in [1.165, 1.54) is 0 Å². The van der Waals surface area contributed by atoms with Gasteiger partial charge >= 0.3 is 0 Å². The Balaban J connectivity index is 1.51. The summed E-state index contributed by atoms with van der Waals surface area (Å²) in [5.74, 6) is 0.326. The molecule has 0 saturated carbocycles. The number of amides is 2. The lowest BCUT2D eigenvalue weighted by Crippen LogP contribution is -2.47. The molecule has 2 aliphatic heterocycles. The van der Waals surface area contributed by atoms with Crippen LogP contribution in [0.4, 0.5) is 5.69 Å². The number of likely N-dealkylation sites (N-methyl/N-ethyl adjacent to an activating group) is 1. The van der Waals surface area contributed by atoms with E-state index in [4.69, 9.17) is 0 Å². The lowest BCUT2D eigenvalue weighted by Gasteiger charge is -2.29. The molecule has 1 N–H and O–H groups in total. The van der Waals surface area contributed by atoms with Crippen molar-refractivity contribution in [3.05, 3.63) is 30.3 Å². The monoisotopic (exact) mass is 330 g/mol. The molecule has 6 nitrogen and oxygen atoms in total. The molecule has 24 heavy (non-hydrogen) atoms. The average molecular weight is 330 g/mol. The fraction of sp³-hybridized carbons (Fsp3) is 0.556. The molecule has 1 aromatic rings. The number of rotatable bonds is 5. The van der Waals surface area contributed by atoms with E-state index in [2.05, 4.69) is 5.32 Å². The Kier molecular flexibility index (Phi) is 5.48. The second-order valence-corrected chi connectivity index (χ2v) is 6.49. The summed E-state index contributed by atoms with van der Waals surface area (Å²) in [5, 5.41) is 3.25. The summed E-state index contributed by atoms with van der Waals surface area (Å²) in [6.07, 6.45) is 1.29. The number of nitrogens with one attached hydrogen (secondary N) is 1. The third kappa shape index (κ3) is 3.76. The topological polar surface area (TPSA) is 55.9 Å². The molecule has 0 spiro atoms. The second-order valence-electron chi connectivity index (χ2n) is 6.49. The predicted molar refractivity (Wildman–Crippen MR) is 93.9 cm³/mol. The highest BCUT2D eigenvalue weighted by Gasteiger charge is 2.35. The summed E-state index contributed by atoms with van der Waals surface area (Å²) in [5.41, 5.74) is 0.954. The molecular formula is C18H26N4O2. The molecule has 1 aromatic carbocycles. The average Bonchev–Trinajstić information content (AvgIpc) is 3.02. The fourth-order valence-electron chi connectivity index (χ4n) is 3.44. The number of carbonyl (C=O) groups is 2. The maximum atomic E-state index is 12.7. The normalized spacial score (nSPS) is 21.6. The molecule has 3 rings (SSSR count). The standard InChI is InChI=1S/C18H26N4O2/c1-20(11-8-17(23)21-13-9-19-10-14-21)16-7-12-22(18(16)24)15-5-3-2-4-6-15/h2-6,16,19H,7-14H2,1H3. The number of para-hydroxylation sites is 1. The fourth-order valence-corrected chi connectivity index (χ4v) is 3.44. The quantitative estimate of drug-likeness (QED) is 0.856. The first-order chi connectivity index (χ1) is 11.7. The van der Waals surface area contributed by atoms with Gasteiger partial charge in [-0.1, -0.05) is 18.2 Å². The minimum atomic E-state index is -0.124. The van der Waals surface area contributed by atoms with Crippen molar-refractivity contribution in [3.8, 4) is 0 Å². The van der Waals surface area contributed by atoms with Gasteiger partial charge in [-0.3, -0.25) is 14.5 Å². The van der Waals surface area contributed by atoms with Gasteiger partial charge < -0.3 is 15.1 Å². The third-order valence-electron chi connectivity index (χ3n) is 4.93. The molecule has 0 aliphatic carbocycles. The zero-order valence-electron chi connectivity index (χ0n) is 14.3. The van der Waals surface area contributed by atoms with Crippen LogP contribution in [0.15, 0.2) is 30.3 Å². The molecule has 2 fully saturated rings. The molecule has 2 saturated heterocycles. The van der Waals surface area contributed by atoms with Gasteiger partial charge in [0.15, 0.2) is 0 Å². The molecule has 1 atom stereocenters. The van der Waals surface area contributed by atoms with Crippen molar-refractivity contribution in [2.75, 3.05) is 51.2 Å². The van der Waals surface area contributed by atoms with Gasteiger partial charge in [-0.2, -0.15) is 0 Å². The van der Waals surface area contributed by atoms with Crippen LogP contribution in [0, 0.1) is 0 Å². The summed E-state index contributed by atoms with van der Waals surface area (Å²) in [4.78, 5) is 30.7. The molecule has 1 unspecified atom stereocenters. The van der Waals surface area contributed by atoms with Crippen LogP contribution in [0.5, 0.6) is 0 Å². The lowest BCUT2D eigenvalue weighted by atomic mass is 10.2. The molecule has 0 bridgehead atoms. The van der Waals surface area contributed by atoms with Gasteiger partial charge in [0, 0.05) is 51.4 Å². The first-order valence-electron chi connectivity index (χ1n) is 8.72. The van der Waals surface area contributed by atoms with Crippen molar-refractivity contribution in [2.45, 2.75) is 18.9 Å². The van der Waals surface area contributed by atoms with Gasteiger partial charge in [0.25, 0.3) is 0 Å². The second kappa shape index (κ2) is 7.77. The highest BCUT2D eigenvalue weighted by molar-refractivity contribution is 5.99. The van der Waals surface area contributed by atoms with Crippen molar-refractivity contribution in [2.24, 2.45) is 0 Å². The van der Waals surface area contributed by atoms with Gasteiger partial charge in [-0.15, -0.1) is 0 Å². The van der Waals surface area contributed by atoms with Gasteiger partial charge in [-0.05, 0) is 25.6 Å². The number of nitrogens with zero attached hydrogens (tertiary/aromatic N) is 3. The first-order valence-corrected chi connectivity index (χ1v) is 8.72. The van der Waals surface area contributed by atoms with E-state index in [-0.39, 0.29) is 17.9 Å². The summed E-state index contributed by atoms with van der Waals surface area (Å²) < 4.78 is 0. The molecule has 130 valence electrons. The Morgan fingerprint density at radius 1 is 1.21 bits per heavy atom. The summed E-state index contributed by atoms with van der Waals surface area (Å²) in [6, 6.07) is 9.66. The number of hydrogen-bond acceptors (Lipinski definition) is 4. The largest absolute Gasteiger partial charge is 0.340 e. The molecule has 2 aliphatic rings. The zero-order chi connectivity index (χ0) is 16.9. The highest BCUT2D eigenvalue weighted by atomic mass is 16.2. The van der Waals surface area contributed by atoms with Gasteiger partial charge in [-0.25, -0.2) is 0 Å². The van der Waals surface area contributed by atoms with Crippen LogP contribution >= 0.6 is 0 Å². The maximum Gasteiger partial charge on any atom is 0.244 e. The van der Waals surface area contributed by atoms with Crippen LogP contribution in [0.25, 0.3) is 0 Å². The molecule has 2 heterocycles. The highest BCUT2D eigenvalue weighted by Crippen LogP contribution is 2.23. The smallest absolute Gasteiger partial charge is 0.244 e. The van der Waals surface area contributed by atoms with Crippen molar-refractivity contribution >= 4 is 17.5 Å². The van der Waals surface area contributed by atoms with Gasteiger partial charge in [0.05, 0.1) is 6.04 Å². The van der Waals surface area contributed by atoms with Crippen LogP contribution < -0.4 is 10.2 Å². The van der Waals surface area contributed by atoms with Gasteiger partial charge in [0.1, 0.15) is 0 Å². The van der Waals surface area contributed by atoms with E-state index in [1.807, 2.05) is 52.1 Å². The van der Waals surface area contributed by atoms with Crippen molar-refractivity contribution in [1.29, 1.82) is 0 Å². The number of anilines is 1. The Morgan fingerprint density at radius 3 is 2.62 bits per heavy atom. The number of benzene rings is 1. The summed E-state index contributed by atoms with van der Waals surface area (Å²) >= 11 is 0. The van der Waals surface area contributed by atoms with Crippen LogP contribution in [0.2, 0.25) is 0 Å². The molecule has 2 amide bonds. The van der Waals surface area contributed by atoms with Crippen LogP contribution in [0.1, 0.15) is 12.8 Å². The minimum Gasteiger partial charge on any atom is -0.340 e. The Bertz CT molecular complexity index is 572. The van der Waals surface area contributed by atoms with E-state index in [9.17, 15) is 9.59 Å². The van der Waals surface area contributed by atoms with Crippen LogP contribution in [0.3, 0.4) is 0 Å². The van der Waals surface area contributed by atoms with E-state index >= 15 is 0 Å². The molecule has 6 heteroatoms. The van der Waals surface area contributed by atoms with Gasteiger partial charge in [0.2, 0.25) is 11.8 Å². The van der Waals surface area contributed by atoms with Crippen LogP contribution in [-0.2, 0) is 9.59 Å². The minimum absolute atomic E-state index is 0.124. The Morgan fingerprint density at radius 2 is 1.92 bits per heavy atom. The number of carbonyl (C=O) groups excluding carboxylic acids is 2. The number of piperazine rings is 1. The number of hydrogen-bond donors (Lipinski definition) is 1. The lowest BCUT2D eigenvalue weighted by molar-refractivity contribution is -0.132. The third-order valence-corrected chi connectivity index (χ3v) is 4.93. The molecule has 0 radical (unpaired) electrons. The summed E-state index contributed by atoms with van der Waals surface area (Å²) in [7, 11) is 1.95. The van der Waals surface area contributed by atoms with Crippen molar-refractivity contribution in [1.82, 2.24) is 15.1 Å². The van der Waals surface area contributed by atoms with E-state index in [1.54, 1.807) is 0 Å². The molecule has 0 aromatic heterocycles. The van der Waals surface area contributed by atoms with Crippen LogP contribution in [-0.4, -0.2) is 74.0 Å².